The predicted octanol–water partition coefficient (Wildman–Crippen LogP) is 30.8. The Balaban J connectivity index is 0.000000177. The van der Waals surface area contributed by atoms with E-state index in [9.17, 15) is 8.78 Å². The van der Waals surface area contributed by atoms with E-state index >= 15 is 0 Å². The summed E-state index contributed by atoms with van der Waals surface area (Å²) in [5.41, 5.74) is 30.0. The van der Waals surface area contributed by atoms with E-state index in [0.717, 1.165) is 142 Å². The SMILES string of the molecule is CC(C)Cc1cc(-c2ccnc(-c3[c-]cccc3)c2)ccc1F.CC(C)c1cc(-c2ccnc(-c3[c-]cccc3)c2)ccc1F.CCc1cc(-c2ccnc(-c3[c-]cccc3)c2)ccc1C.Cc1ccc(-c2[c-]cccc2)nc1.[Ir].[Ir].[Ir].[Ir].[c-]1ccccc1-c1ccc(-c2ccccc2)cn1.[c-]1ccccc1-c1ccccn1.[c-]1ccccc1-c1ccccn1.[c-]1ccccc1-c1ccccn1. The normalized spacial score (nSPS) is 10.0. The van der Waals surface area contributed by atoms with Crippen LogP contribution in [0.25, 0.3) is 135 Å². The van der Waals surface area contributed by atoms with Gasteiger partial charge in [-0.2, -0.15) is 0 Å². The van der Waals surface area contributed by atoms with E-state index in [1.54, 1.807) is 43.1 Å². The van der Waals surface area contributed by atoms with Crippen molar-refractivity contribution < 1.29 is 89.2 Å². The molecule has 14 heteroatoms. The molecule has 0 saturated carbocycles. The van der Waals surface area contributed by atoms with E-state index in [2.05, 4.69) is 171 Å². The van der Waals surface area contributed by atoms with Gasteiger partial charge in [-0.15, -0.1) is 287 Å². The van der Waals surface area contributed by atoms with Gasteiger partial charge in [0.2, 0.25) is 0 Å². The molecule has 0 aliphatic rings. The van der Waals surface area contributed by atoms with Crippen LogP contribution in [0.3, 0.4) is 0 Å². The van der Waals surface area contributed by atoms with E-state index in [0.29, 0.717) is 5.92 Å². The summed E-state index contributed by atoms with van der Waals surface area (Å²) >= 11 is 0. The monoisotopic (exact) mass is 2500 g/mol. The zero-order valence-electron chi connectivity index (χ0n) is 76.9. The zero-order valence-corrected chi connectivity index (χ0v) is 86.5. The fourth-order valence-corrected chi connectivity index (χ4v) is 14.0. The van der Waals surface area contributed by atoms with E-state index in [1.807, 2.05) is 367 Å². The molecular weight excluding hydrogens is 2400 g/mol. The van der Waals surface area contributed by atoms with Crippen LogP contribution in [0.5, 0.6) is 0 Å². The Hall–Kier alpha value is -13.7. The van der Waals surface area contributed by atoms with Gasteiger partial charge in [-0.25, -0.2) is 8.78 Å². The van der Waals surface area contributed by atoms with E-state index in [4.69, 9.17) is 0 Å². The minimum Gasteiger partial charge on any atom is -0.305 e. The second kappa shape index (κ2) is 57.9. The number of hydrogen-bond donors (Lipinski definition) is 0. The van der Waals surface area contributed by atoms with Crippen molar-refractivity contribution >= 4 is 0 Å². The number of halogens is 2. The Kier molecular flexibility index (Phi) is 45.2. The molecule has 4 radical (unpaired) electrons. The summed E-state index contributed by atoms with van der Waals surface area (Å²) < 4.78 is 27.8. The molecule has 0 atom stereocenters. The van der Waals surface area contributed by atoms with Crippen LogP contribution in [0.1, 0.15) is 68.4 Å². The molecule has 0 spiro atoms. The summed E-state index contributed by atoms with van der Waals surface area (Å²) in [5.74, 6) is 0.299. The summed E-state index contributed by atoms with van der Waals surface area (Å²) in [7, 11) is 0. The van der Waals surface area contributed by atoms with Crippen molar-refractivity contribution in [1.29, 1.82) is 0 Å². The molecule has 8 aromatic heterocycles. The molecule has 0 unspecified atom stereocenters. The first-order valence-electron chi connectivity index (χ1n) is 44.3. The number of rotatable bonds is 16. The van der Waals surface area contributed by atoms with Crippen LogP contribution < -0.4 is 0 Å². The maximum absolute atomic E-state index is 14.0. The fourth-order valence-electron chi connectivity index (χ4n) is 14.0. The number of aromatic nitrogens is 8. The molecule has 0 aliphatic carbocycles. The quantitative estimate of drug-likeness (QED) is 0.0882. The number of nitrogens with zero attached hydrogens (tertiary/aromatic N) is 8. The van der Waals surface area contributed by atoms with Gasteiger partial charge in [0.1, 0.15) is 11.6 Å². The smallest absolute Gasteiger partial charge is 0.126 e. The van der Waals surface area contributed by atoms with Crippen molar-refractivity contribution in [2.24, 2.45) is 5.92 Å². The summed E-state index contributed by atoms with van der Waals surface area (Å²) in [4.78, 5) is 34.8. The van der Waals surface area contributed by atoms with Crippen LogP contribution in [0, 0.1) is 79.9 Å². The first kappa shape index (κ1) is 107. The van der Waals surface area contributed by atoms with Crippen molar-refractivity contribution in [3.8, 4) is 135 Å². The van der Waals surface area contributed by atoms with Crippen molar-refractivity contribution in [3.05, 3.63) is 532 Å². The molecule has 0 N–H and O–H groups in total. The molecule has 0 fully saturated rings. The second-order valence-electron chi connectivity index (χ2n) is 31.5. The van der Waals surface area contributed by atoms with Crippen LogP contribution in [-0.4, -0.2) is 39.9 Å². The van der Waals surface area contributed by atoms with E-state index < -0.39 is 0 Å². The number of hydrogen-bond acceptors (Lipinski definition) is 8. The summed E-state index contributed by atoms with van der Waals surface area (Å²) in [5, 5.41) is 0. The Morgan fingerprint density at radius 1 is 0.241 bits per heavy atom. The third kappa shape index (κ3) is 33.7. The molecule has 8 nitrogen and oxygen atoms in total. The summed E-state index contributed by atoms with van der Waals surface area (Å²) in [6.45, 7) is 14.6. The molecule has 0 bridgehead atoms. The largest absolute Gasteiger partial charge is 0.305 e. The van der Waals surface area contributed by atoms with Crippen molar-refractivity contribution in [2.75, 3.05) is 0 Å². The first-order valence-corrected chi connectivity index (χ1v) is 44.3. The number of pyridine rings is 8. The topological polar surface area (TPSA) is 103 Å². The van der Waals surface area contributed by atoms with Gasteiger partial charge in [-0.1, -0.05) is 174 Å². The molecule has 12 aromatic carbocycles. The molecule has 690 valence electrons. The fraction of sp³-hybridized carbons (Fsp3) is 0.0894. The van der Waals surface area contributed by atoms with Gasteiger partial charge < -0.3 is 39.9 Å². The van der Waals surface area contributed by atoms with Crippen LogP contribution >= 0.6 is 0 Å². The summed E-state index contributed by atoms with van der Waals surface area (Å²) in [6.07, 6.45) is 16.4. The summed E-state index contributed by atoms with van der Waals surface area (Å²) in [6, 6.07) is 153. The first-order chi connectivity index (χ1) is 65.2. The third-order valence-electron chi connectivity index (χ3n) is 21.0. The van der Waals surface area contributed by atoms with Gasteiger partial charge in [-0.05, 0) is 217 Å². The predicted molar refractivity (Wildman–Crippen MR) is 541 cm³/mol. The molecule has 0 amide bonds. The Bertz CT molecular complexity index is 6460. The number of benzene rings is 12. The van der Waals surface area contributed by atoms with Gasteiger partial charge >= 0.3 is 0 Å². The van der Waals surface area contributed by atoms with Gasteiger partial charge in [0.15, 0.2) is 0 Å². The number of aryl methyl sites for hydroxylation is 3. The van der Waals surface area contributed by atoms with Crippen LogP contribution in [0.2, 0.25) is 0 Å². The van der Waals surface area contributed by atoms with E-state index in [1.165, 1.54) is 33.4 Å². The van der Waals surface area contributed by atoms with Crippen LogP contribution in [0.4, 0.5) is 8.78 Å². The van der Waals surface area contributed by atoms with E-state index in [-0.39, 0.29) is 98.0 Å². The molecule has 8 heterocycles. The maximum atomic E-state index is 14.0. The molecule has 0 saturated heterocycles. The maximum Gasteiger partial charge on any atom is 0.126 e. The zero-order chi connectivity index (χ0) is 92.4. The molecular formula is C123H100F2Ir4N8-8. The van der Waals surface area contributed by atoms with Crippen molar-refractivity contribution in [2.45, 2.75) is 67.2 Å². The third-order valence-corrected chi connectivity index (χ3v) is 21.0. The average Bonchev–Trinajstić information content (AvgIpc) is 0.822. The minimum absolute atomic E-state index is 0. The second-order valence-corrected chi connectivity index (χ2v) is 31.5. The molecule has 137 heavy (non-hydrogen) atoms. The standard InChI is InChI=1S/C21H19FN.C20H17FN.C20H18N.C17H12N.C12H10N.3C11H8N.4Ir/c1-15(2)12-19-13-17(8-9-20(19)22)18-10-11-23-21(14-18)16-6-4-3-5-7-16;1-14(2)18-12-16(8-9-19(18)21)17-10-11-22-20(13-17)15-6-4-3-5-7-15;1-3-16-13-18(10-9-15(16)2)19-11-12-21-20(14-19)17-7-5-4-6-8-17;1-3-7-14(8-4-1)16-11-12-17(18-13-16)15-9-5-2-6-10-15;1-10-7-8-12(13-9-10)11-5-3-2-4-6-11;3*1-2-6-10(7-3-1)11-8-4-5-9-12-11;;;;/h3-6,8-11,13-15H,12H2,1-2H3;3-6,8-14H,1-2H3;4-7,9-14H,3H2,1-2H3;1-9,11-13H;2-5,7-9H,1H3;3*1-6,8-9H;;;;/q8*-1;;;;. The Labute approximate surface area is 861 Å². The van der Waals surface area contributed by atoms with Gasteiger partial charge in [0.05, 0.1) is 0 Å². The molecule has 20 rings (SSSR count). The minimum atomic E-state index is -0.149. The molecule has 0 aliphatic heterocycles. The van der Waals surface area contributed by atoms with Crippen molar-refractivity contribution in [3.63, 3.8) is 0 Å². The Morgan fingerprint density at radius 2 is 0.540 bits per heavy atom. The van der Waals surface area contributed by atoms with Crippen LogP contribution in [-0.2, 0) is 93.3 Å². The van der Waals surface area contributed by atoms with Crippen LogP contribution in [0.15, 0.2) is 444 Å². The van der Waals surface area contributed by atoms with Gasteiger partial charge in [0.25, 0.3) is 0 Å². The average molecular weight is 2500 g/mol. The Morgan fingerprint density at radius 3 is 0.854 bits per heavy atom. The van der Waals surface area contributed by atoms with Crippen molar-refractivity contribution in [1.82, 2.24) is 39.9 Å². The molecule has 20 aromatic rings. The van der Waals surface area contributed by atoms with Gasteiger partial charge in [-0.3, -0.25) is 0 Å². The van der Waals surface area contributed by atoms with Gasteiger partial charge in [0, 0.05) is 130 Å².